The molecule has 0 spiro atoms. The van der Waals surface area contributed by atoms with Crippen molar-refractivity contribution in [3.8, 4) is 22.6 Å². The van der Waals surface area contributed by atoms with E-state index in [9.17, 15) is 14.7 Å². The molecule has 1 aliphatic rings. The van der Waals surface area contributed by atoms with Crippen molar-refractivity contribution >= 4 is 17.1 Å². The van der Waals surface area contributed by atoms with Crippen molar-refractivity contribution in [2.45, 2.75) is 19.3 Å². The average Bonchev–Trinajstić information content (AvgIpc) is 2.70. The highest BCUT2D eigenvalue weighted by molar-refractivity contribution is 5.83. The number of carbonyl (C=O) groups excluding carboxylic acids is 1. The smallest absolute Gasteiger partial charge is 0.415 e. The molecule has 1 amide bonds. The van der Waals surface area contributed by atoms with Crippen LogP contribution in [-0.2, 0) is 0 Å². The molecular formula is C21H19NO5. The molecule has 6 heteroatoms. The summed E-state index contributed by atoms with van der Waals surface area (Å²) < 4.78 is 11.0. The molecule has 3 aromatic rings. The van der Waals surface area contributed by atoms with Gasteiger partial charge in [-0.25, -0.2) is 4.79 Å². The fourth-order valence-corrected chi connectivity index (χ4v) is 3.25. The van der Waals surface area contributed by atoms with Crippen LogP contribution < -0.4 is 10.2 Å². The van der Waals surface area contributed by atoms with Crippen molar-refractivity contribution in [3.05, 3.63) is 59.0 Å². The second-order valence-corrected chi connectivity index (χ2v) is 6.60. The number of phenolic OH excluding ortho intramolecular Hbond substituents is 1. The number of fused-ring (bicyclic) bond motifs is 1. The molecule has 0 unspecified atom stereocenters. The first-order chi connectivity index (χ1) is 13.1. The molecule has 0 aliphatic carbocycles. The van der Waals surface area contributed by atoms with E-state index in [0.29, 0.717) is 40.9 Å². The van der Waals surface area contributed by atoms with E-state index in [0.717, 1.165) is 19.3 Å². The second kappa shape index (κ2) is 7.15. The molecule has 1 aromatic heterocycles. The molecule has 1 fully saturated rings. The topological polar surface area (TPSA) is 80.0 Å². The lowest BCUT2D eigenvalue weighted by molar-refractivity contribution is 0.142. The Morgan fingerprint density at radius 3 is 2.52 bits per heavy atom. The van der Waals surface area contributed by atoms with Crippen molar-refractivity contribution in [1.29, 1.82) is 0 Å². The summed E-state index contributed by atoms with van der Waals surface area (Å²) in [7, 11) is 0. The molecule has 1 saturated heterocycles. The Balaban J connectivity index is 1.62. The van der Waals surface area contributed by atoms with Crippen LogP contribution in [0, 0.1) is 0 Å². The molecule has 27 heavy (non-hydrogen) atoms. The number of nitrogens with zero attached hydrogens (tertiary/aromatic N) is 1. The zero-order valence-electron chi connectivity index (χ0n) is 14.7. The molecular weight excluding hydrogens is 346 g/mol. The molecule has 2 heterocycles. The second-order valence-electron chi connectivity index (χ2n) is 6.60. The maximum Gasteiger partial charge on any atom is 0.415 e. The number of aromatic hydroxyl groups is 1. The third-order valence-electron chi connectivity index (χ3n) is 4.74. The van der Waals surface area contributed by atoms with E-state index in [-0.39, 0.29) is 17.3 Å². The SMILES string of the molecule is O=C(Oc1ccc2c(=O)c(-c3ccc(O)cc3)coc2c1)N1CCCCC1. The Labute approximate surface area is 155 Å². The number of hydrogen-bond acceptors (Lipinski definition) is 5. The van der Waals surface area contributed by atoms with Gasteiger partial charge in [0.2, 0.25) is 0 Å². The Bertz CT molecular complexity index is 1030. The van der Waals surface area contributed by atoms with E-state index >= 15 is 0 Å². The zero-order valence-corrected chi connectivity index (χ0v) is 14.7. The summed E-state index contributed by atoms with van der Waals surface area (Å²) in [6.45, 7) is 1.41. The summed E-state index contributed by atoms with van der Waals surface area (Å²) in [6, 6.07) is 11.1. The van der Waals surface area contributed by atoms with Gasteiger partial charge in [0.25, 0.3) is 0 Å². The van der Waals surface area contributed by atoms with Crippen LogP contribution in [0.4, 0.5) is 4.79 Å². The van der Waals surface area contributed by atoms with Crippen LogP contribution in [0.5, 0.6) is 11.5 Å². The first-order valence-electron chi connectivity index (χ1n) is 8.93. The van der Waals surface area contributed by atoms with Gasteiger partial charge in [0, 0.05) is 19.2 Å². The molecule has 1 N–H and O–H groups in total. The molecule has 138 valence electrons. The predicted octanol–water partition coefficient (Wildman–Crippen LogP) is 4.15. The lowest BCUT2D eigenvalue weighted by atomic mass is 10.1. The number of piperidine rings is 1. The van der Waals surface area contributed by atoms with Crippen LogP contribution in [0.2, 0.25) is 0 Å². The highest BCUT2D eigenvalue weighted by Crippen LogP contribution is 2.25. The van der Waals surface area contributed by atoms with Gasteiger partial charge in [-0.1, -0.05) is 12.1 Å². The van der Waals surface area contributed by atoms with E-state index in [1.807, 2.05) is 0 Å². The maximum atomic E-state index is 12.8. The van der Waals surface area contributed by atoms with E-state index < -0.39 is 0 Å². The van der Waals surface area contributed by atoms with Gasteiger partial charge in [-0.3, -0.25) is 4.79 Å². The molecule has 4 rings (SSSR count). The van der Waals surface area contributed by atoms with Gasteiger partial charge in [0.15, 0.2) is 5.43 Å². The van der Waals surface area contributed by atoms with Gasteiger partial charge in [0.1, 0.15) is 23.3 Å². The highest BCUT2D eigenvalue weighted by Gasteiger charge is 2.19. The monoisotopic (exact) mass is 365 g/mol. The minimum absolute atomic E-state index is 0.129. The predicted molar refractivity (Wildman–Crippen MR) is 101 cm³/mol. The summed E-state index contributed by atoms with van der Waals surface area (Å²) in [5, 5.41) is 9.80. The van der Waals surface area contributed by atoms with Crippen LogP contribution in [0.15, 0.2) is 57.9 Å². The summed E-state index contributed by atoms with van der Waals surface area (Å²) in [5.41, 5.74) is 1.23. The number of amides is 1. The minimum atomic E-state index is -0.378. The third-order valence-corrected chi connectivity index (χ3v) is 4.74. The molecule has 0 radical (unpaired) electrons. The quantitative estimate of drug-likeness (QED) is 0.738. The lowest BCUT2D eigenvalue weighted by Crippen LogP contribution is -2.37. The Morgan fingerprint density at radius 1 is 1.04 bits per heavy atom. The number of rotatable bonds is 2. The third kappa shape index (κ3) is 3.51. The standard InChI is InChI=1S/C21H19NO5/c23-15-6-4-14(5-7-15)18-13-26-19-12-16(8-9-17(19)20(18)24)27-21(25)22-10-2-1-3-11-22/h4-9,12-13,23H,1-3,10-11H2. The highest BCUT2D eigenvalue weighted by atomic mass is 16.6. The van der Waals surface area contributed by atoms with Gasteiger partial charge < -0.3 is 19.2 Å². The number of carbonyl (C=O) groups is 1. The van der Waals surface area contributed by atoms with Crippen LogP contribution >= 0.6 is 0 Å². The van der Waals surface area contributed by atoms with E-state index in [1.54, 1.807) is 35.2 Å². The molecule has 6 nitrogen and oxygen atoms in total. The number of hydrogen-bond donors (Lipinski definition) is 1. The van der Waals surface area contributed by atoms with E-state index in [2.05, 4.69) is 0 Å². The van der Waals surface area contributed by atoms with Crippen molar-refractivity contribution in [3.63, 3.8) is 0 Å². The summed E-state index contributed by atoms with van der Waals surface area (Å²) in [6.07, 6.45) is 4.11. The maximum absolute atomic E-state index is 12.8. The van der Waals surface area contributed by atoms with E-state index in [1.165, 1.54) is 18.4 Å². The first kappa shape index (κ1) is 17.1. The van der Waals surface area contributed by atoms with Crippen molar-refractivity contribution in [1.82, 2.24) is 4.90 Å². The zero-order chi connectivity index (χ0) is 18.8. The Hall–Kier alpha value is -3.28. The number of phenols is 1. The Morgan fingerprint density at radius 2 is 1.78 bits per heavy atom. The van der Waals surface area contributed by atoms with Gasteiger partial charge in [-0.2, -0.15) is 0 Å². The number of ether oxygens (including phenoxy) is 1. The molecule has 1 aliphatic heterocycles. The first-order valence-corrected chi connectivity index (χ1v) is 8.93. The van der Waals surface area contributed by atoms with Gasteiger partial charge >= 0.3 is 6.09 Å². The Kier molecular flexibility index (Phi) is 4.54. The number of likely N-dealkylation sites (tertiary alicyclic amines) is 1. The normalized spacial score (nSPS) is 14.3. The average molecular weight is 365 g/mol. The van der Waals surface area contributed by atoms with Gasteiger partial charge in [0.05, 0.1) is 10.9 Å². The minimum Gasteiger partial charge on any atom is -0.508 e. The largest absolute Gasteiger partial charge is 0.508 e. The van der Waals surface area contributed by atoms with Crippen LogP contribution in [0.25, 0.3) is 22.1 Å². The summed E-state index contributed by atoms with van der Waals surface area (Å²) in [4.78, 5) is 26.7. The summed E-state index contributed by atoms with van der Waals surface area (Å²) in [5.74, 6) is 0.475. The van der Waals surface area contributed by atoms with Crippen molar-refractivity contribution < 1.29 is 19.1 Å². The van der Waals surface area contributed by atoms with Gasteiger partial charge in [-0.15, -0.1) is 0 Å². The molecule has 0 bridgehead atoms. The fourth-order valence-electron chi connectivity index (χ4n) is 3.25. The lowest BCUT2D eigenvalue weighted by Gasteiger charge is -2.25. The molecule has 0 saturated carbocycles. The van der Waals surface area contributed by atoms with Gasteiger partial charge in [-0.05, 0) is 49.1 Å². The number of benzene rings is 2. The van der Waals surface area contributed by atoms with Crippen molar-refractivity contribution in [2.24, 2.45) is 0 Å². The van der Waals surface area contributed by atoms with Crippen LogP contribution in [-0.4, -0.2) is 29.2 Å². The van der Waals surface area contributed by atoms with E-state index in [4.69, 9.17) is 9.15 Å². The van der Waals surface area contributed by atoms with Crippen LogP contribution in [0.3, 0.4) is 0 Å². The fraction of sp³-hybridized carbons (Fsp3) is 0.238. The van der Waals surface area contributed by atoms with Crippen LogP contribution in [0.1, 0.15) is 19.3 Å². The van der Waals surface area contributed by atoms with Crippen molar-refractivity contribution in [2.75, 3.05) is 13.1 Å². The molecule has 2 aromatic carbocycles. The molecule has 0 atom stereocenters. The summed E-state index contributed by atoms with van der Waals surface area (Å²) >= 11 is 0.